The number of para-hydroxylation sites is 1. The number of carboxylic acid groups (broad SMARTS) is 1. The lowest BCUT2D eigenvalue weighted by Gasteiger charge is -2.39. The van der Waals surface area contributed by atoms with E-state index in [9.17, 15) is 9.90 Å². The number of carbonyl (C=O) groups is 1. The second kappa shape index (κ2) is 6.13. The Labute approximate surface area is 119 Å². The number of ether oxygens (including phenoxy) is 2. The lowest BCUT2D eigenvalue weighted by atomic mass is 10.0. The van der Waals surface area contributed by atoms with Crippen LogP contribution in [0.1, 0.15) is 24.2 Å². The van der Waals surface area contributed by atoms with E-state index in [0.717, 1.165) is 12.2 Å². The molecule has 0 fully saturated rings. The van der Waals surface area contributed by atoms with Crippen LogP contribution in [0.2, 0.25) is 0 Å². The molecule has 0 amide bonds. The molecule has 1 N–H and O–H groups in total. The Balaban J connectivity index is 2.41. The fourth-order valence-electron chi connectivity index (χ4n) is 2.60. The third kappa shape index (κ3) is 2.72. The van der Waals surface area contributed by atoms with Crippen LogP contribution in [0.25, 0.3) is 0 Å². The summed E-state index contributed by atoms with van der Waals surface area (Å²) in [5, 5.41) is 9.26. The molecule has 1 heterocycles. The first-order valence-corrected chi connectivity index (χ1v) is 6.81. The molecule has 1 atom stereocenters. The summed E-state index contributed by atoms with van der Waals surface area (Å²) in [6, 6.07) is 5.44. The van der Waals surface area contributed by atoms with Gasteiger partial charge in [-0.2, -0.15) is 0 Å². The van der Waals surface area contributed by atoms with E-state index in [-0.39, 0.29) is 11.6 Å². The predicted molar refractivity (Wildman–Crippen MR) is 76.7 cm³/mol. The van der Waals surface area contributed by atoms with Crippen molar-refractivity contribution >= 4 is 11.7 Å². The van der Waals surface area contributed by atoms with Gasteiger partial charge in [0.15, 0.2) is 5.75 Å². The molecular formula is C15H21NO4. The van der Waals surface area contributed by atoms with Crippen LogP contribution in [0.4, 0.5) is 5.69 Å². The van der Waals surface area contributed by atoms with Crippen LogP contribution in [0.15, 0.2) is 18.2 Å². The Kier molecular flexibility index (Phi) is 4.49. The fraction of sp³-hybridized carbons (Fsp3) is 0.533. The van der Waals surface area contributed by atoms with Gasteiger partial charge >= 0.3 is 5.97 Å². The van der Waals surface area contributed by atoms with E-state index < -0.39 is 5.97 Å². The number of nitrogens with zero attached hydrogens (tertiary/aromatic N) is 1. The molecule has 5 nitrogen and oxygen atoms in total. The summed E-state index contributed by atoms with van der Waals surface area (Å²) in [5.74, 6) is -0.0982. The second-order valence-corrected chi connectivity index (χ2v) is 5.27. The lowest BCUT2D eigenvalue weighted by molar-refractivity contribution is 0.0691. The van der Waals surface area contributed by atoms with Crippen molar-refractivity contribution in [3.63, 3.8) is 0 Å². The molecule has 1 aliphatic heterocycles. The van der Waals surface area contributed by atoms with E-state index in [0.29, 0.717) is 24.9 Å². The Morgan fingerprint density at radius 1 is 1.50 bits per heavy atom. The Hall–Kier alpha value is -1.75. The maximum Gasteiger partial charge on any atom is 0.339 e. The van der Waals surface area contributed by atoms with E-state index >= 15 is 0 Å². The van der Waals surface area contributed by atoms with Crippen molar-refractivity contribution in [1.29, 1.82) is 0 Å². The van der Waals surface area contributed by atoms with E-state index in [4.69, 9.17) is 9.47 Å². The topological polar surface area (TPSA) is 59.0 Å². The Bertz CT molecular complexity index is 487. The van der Waals surface area contributed by atoms with Gasteiger partial charge in [-0.3, -0.25) is 0 Å². The van der Waals surface area contributed by atoms with Gasteiger partial charge in [0.05, 0.1) is 24.9 Å². The van der Waals surface area contributed by atoms with E-state index in [1.54, 1.807) is 19.2 Å². The van der Waals surface area contributed by atoms with Crippen LogP contribution in [-0.2, 0) is 4.74 Å². The minimum absolute atomic E-state index is 0.201. The number of methoxy groups -OCH3 is 1. The van der Waals surface area contributed by atoms with Gasteiger partial charge < -0.3 is 19.5 Å². The second-order valence-electron chi connectivity index (χ2n) is 5.27. The molecule has 0 saturated heterocycles. The molecule has 110 valence electrons. The molecule has 0 aromatic heterocycles. The predicted octanol–water partition coefficient (Wildman–Crippen LogP) is 2.25. The van der Waals surface area contributed by atoms with Gasteiger partial charge in [-0.1, -0.05) is 19.9 Å². The molecule has 2 rings (SSSR count). The maximum absolute atomic E-state index is 11.3. The van der Waals surface area contributed by atoms with Crippen LogP contribution in [-0.4, -0.2) is 44.0 Å². The molecule has 0 saturated carbocycles. The van der Waals surface area contributed by atoms with Crippen LogP contribution >= 0.6 is 0 Å². The van der Waals surface area contributed by atoms with E-state index in [1.807, 2.05) is 6.07 Å². The third-order valence-corrected chi connectivity index (χ3v) is 3.62. The molecule has 1 aromatic rings. The van der Waals surface area contributed by atoms with Gasteiger partial charge in [0.1, 0.15) is 12.2 Å². The highest BCUT2D eigenvalue weighted by Crippen LogP contribution is 2.37. The van der Waals surface area contributed by atoms with Crippen LogP contribution in [0.5, 0.6) is 5.75 Å². The SMILES string of the molecule is COCC(C(C)C)N1CCOc2c(C(=O)O)cccc21. The quantitative estimate of drug-likeness (QED) is 0.896. The zero-order valence-corrected chi connectivity index (χ0v) is 12.1. The Morgan fingerprint density at radius 3 is 2.85 bits per heavy atom. The highest BCUT2D eigenvalue weighted by Gasteiger charge is 2.29. The standard InChI is InChI=1S/C15H21NO4/c1-10(2)13(9-19-3)16-7-8-20-14-11(15(17)18)5-4-6-12(14)16/h4-6,10,13H,7-9H2,1-3H3,(H,17,18). The molecule has 1 unspecified atom stereocenters. The van der Waals surface area contributed by atoms with Crippen molar-refractivity contribution in [2.24, 2.45) is 5.92 Å². The van der Waals surface area contributed by atoms with Crippen molar-refractivity contribution in [1.82, 2.24) is 0 Å². The summed E-state index contributed by atoms with van der Waals surface area (Å²) in [7, 11) is 1.68. The molecule has 20 heavy (non-hydrogen) atoms. The first-order chi connectivity index (χ1) is 9.56. The Morgan fingerprint density at radius 2 is 2.25 bits per heavy atom. The van der Waals surface area contributed by atoms with Crippen molar-refractivity contribution in [2.45, 2.75) is 19.9 Å². The molecule has 5 heteroatoms. The third-order valence-electron chi connectivity index (χ3n) is 3.62. The van der Waals surface area contributed by atoms with Gasteiger partial charge in [0, 0.05) is 7.11 Å². The summed E-state index contributed by atoms with van der Waals surface area (Å²) in [5.41, 5.74) is 1.05. The zero-order valence-electron chi connectivity index (χ0n) is 12.1. The molecular weight excluding hydrogens is 258 g/mol. The first kappa shape index (κ1) is 14.7. The van der Waals surface area contributed by atoms with Crippen LogP contribution in [0, 0.1) is 5.92 Å². The number of anilines is 1. The largest absolute Gasteiger partial charge is 0.489 e. The van der Waals surface area contributed by atoms with Crippen molar-refractivity contribution in [3.8, 4) is 5.75 Å². The normalized spacial score (nSPS) is 15.7. The number of hydrogen-bond donors (Lipinski definition) is 1. The number of benzene rings is 1. The molecule has 1 aliphatic rings. The fourth-order valence-corrected chi connectivity index (χ4v) is 2.60. The van der Waals surface area contributed by atoms with Crippen molar-refractivity contribution in [2.75, 3.05) is 31.8 Å². The minimum atomic E-state index is -0.962. The number of hydrogen-bond acceptors (Lipinski definition) is 4. The molecule has 1 aromatic carbocycles. The van der Waals surface area contributed by atoms with Gasteiger partial charge in [-0.05, 0) is 18.1 Å². The first-order valence-electron chi connectivity index (χ1n) is 6.81. The van der Waals surface area contributed by atoms with Crippen LogP contribution < -0.4 is 9.64 Å². The molecule has 0 spiro atoms. The summed E-state index contributed by atoms with van der Waals surface area (Å²) in [6.45, 7) is 6.11. The minimum Gasteiger partial charge on any atom is -0.489 e. The average Bonchev–Trinajstić information content (AvgIpc) is 2.43. The monoisotopic (exact) mass is 279 g/mol. The summed E-state index contributed by atoms with van der Waals surface area (Å²) in [4.78, 5) is 13.5. The number of carboxylic acids is 1. The highest BCUT2D eigenvalue weighted by atomic mass is 16.5. The van der Waals surface area contributed by atoms with Crippen LogP contribution in [0.3, 0.4) is 0 Å². The average molecular weight is 279 g/mol. The lowest BCUT2D eigenvalue weighted by Crippen LogP contribution is -2.46. The smallest absolute Gasteiger partial charge is 0.339 e. The van der Waals surface area contributed by atoms with Crippen molar-refractivity contribution in [3.05, 3.63) is 23.8 Å². The summed E-state index contributed by atoms with van der Waals surface area (Å²) >= 11 is 0. The summed E-state index contributed by atoms with van der Waals surface area (Å²) in [6.07, 6.45) is 0. The molecule has 0 radical (unpaired) electrons. The molecule has 0 aliphatic carbocycles. The van der Waals surface area contributed by atoms with Gasteiger partial charge in [0.2, 0.25) is 0 Å². The maximum atomic E-state index is 11.3. The van der Waals surface area contributed by atoms with Crippen molar-refractivity contribution < 1.29 is 19.4 Å². The molecule has 0 bridgehead atoms. The van der Waals surface area contributed by atoms with Gasteiger partial charge in [-0.15, -0.1) is 0 Å². The number of rotatable bonds is 5. The zero-order chi connectivity index (χ0) is 14.7. The van der Waals surface area contributed by atoms with Gasteiger partial charge in [-0.25, -0.2) is 4.79 Å². The summed E-state index contributed by atoms with van der Waals surface area (Å²) < 4.78 is 10.9. The number of fused-ring (bicyclic) bond motifs is 1. The highest BCUT2D eigenvalue weighted by molar-refractivity contribution is 5.93. The van der Waals surface area contributed by atoms with E-state index in [1.165, 1.54) is 0 Å². The number of aromatic carboxylic acids is 1. The van der Waals surface area contributed by atoms with Gasteiger partial charge in [0.25, 0.3) is 0 Å². The van der Waals surface area contributed by atoms with E-state index in [2.05, 4.69) is 18.7 Å².